The summed E-state index contributed by atoms with van der Waals surface area (Å²) in [6.07, 6.45) is 1.08. The van der Waals surface area contributed by atoms with Gasteiger partial charge in [-0.3, -0.25) is 19.7 Å². The van der Waals surface area contributed by atoms with Crippen molar-refractivity contribution in [3.05, 3.63) is 70.3 Å². The number of amides is 1. The number of hydrogen-bond acceptors (Lipinski definition) is 6. The SMILES string of the molecule is O=C(OCc1ccc([N+](=O)[O-])cc1)C1CCN(C(=O)COc2ccccc2)CC1. The normalized spacial score (nSPS) is 14.3. The molecule has 0 radical (unpaired) electrons. The lowest BCUT2D eigenvalue weighted by Crippen LogP contribution is -2.42. The Morgan fingerprint density at radius 3 is 2.31 bits per heavy atom. The van der Waals surface area contributed by atoms with E-state index < -0.39 is 4.92 Å². The third kappa shape index (κ3) is 5.78. The Morgan fingerprint density at radius 2 is 1.69 bits per heavy atom. The molecule has 3 rings (SSSR count). The maximum atomic E-state index is 12.3. The van der Waals surface area contributed by atoms with Crippen molar-refractivity contribution in [3.8, 4) is 5.75 Å². The van der Waals surface area contributed by atoms with Crippen LogP contribution in [0.2, 0.25) is 0 Å². The van der Waals surface area contributed by atoms with E-state index in [-0.39, 0.29) is 36.7 Å². The van der Waals surface area contributed by atoms with Gasteiger partial charge < -0.3 is 14.4 Å². The standard InChI is InChI=1S/C21H22N2O6/c24-20(15-28-19-4-2-1-3-5-19)22-12-10-17(11-13-22)21(25)29-14-16-6-8-18(9-7-16)23(26)27/h1-9,17H,10-15H2. The molecule has 8 heteroatoms. The number of nitro groups is 1. The molecule has 29 heavy (non-hydrogen) atoms. The highest BCUT2D eigenvalue weighted by molar-refractivity contribution is 5.78. The zero-order valence-corrected chi connectivity index (χ0v) is 15.9. The van der Waals surface area contributed by atoms with Gasteiger partial charge in [0.15, 0.2) is 6.61 Å². The molecule has 2 aromatic carbocycles. The van der Waals surface area contributed by atoms with Crippen molar-refractivity contribution in [3.63, 3.8) is 0 Å². The Labute approximate surface area is 168 Å². The molecule has 0 bridgehead atoms. The van der Waals surface area contributed by atoms with Gasteiger partial charge >= 0.3 is 5.97 Å². The summed E-state index contributed by atoms with van der Waals surface area (Å²) in [5.74, 6) is -0.0276. The number of likely N-dealkylation sites (tertiary alicyclic amines) is 1. The van der Waals surface area contributed by atoms with Gasteiger partial charge in [0.05, 0.1) is 10.8 Å². The second-order valence-electron chi connectivity index (χ2n) is 6.79. The maximum Gasteiger partial charge on any atom is 0.309 e. The highest BCUT2D eigenvalue weighted by Crippen LogP contribution is 2.20. The number of piperidine rings is 1. The predicted molar refractivity (Wildman–Crippen MR) is 104 cm³/mol. The van der Waals surface area contributed by atoms with Crippen LogP contribution >= 0.6 is 0 Å². The van der Waals surface area contributed by atoms with Crippen LogP contribution in [-0.2, 0) is 20.9 Å². The van der Waals surface area contributed by atoms with Crippen LogP contribution in [0.1, 0.15) is 18.4 Å². The van der Waals surface area contributed by atoms with E-state index in [4.69, 9.17) is 9.47 Å². The number of nitrogens with zero attached hydrogens (tertiary/aromatic N) is 2. The number of nitro benzene ring substituents is 1. The summed E-state index contributed by atoms with van der Waals surface area (Å²) >= 11 is 0. The summed E-state index contributed by atoms with van der Waals surface area (Å²) in [4.78, 5) is 36.4. The number of para-hydroxylation sites is 1. The predicted octanol–water partition coefficient (Wildman–Crippen LogP) is 2.96. The summed E-state index contributed by atoms with van der Waals surface area (Å²) in [7, 11) is 0. The molecular weight excluding hydrogens is 376 g/mol. The molecule has 1 heterocycles. The van der Waals surface area contributed by atoms with E-state index in [0.29, 0.717) is 37.2 Å². The van der Waals surface area contributed by atoms with Crippen molar-refractivity contribution in [1.82, 2.24) is 4.90 Å². The lowest BCUT2D eigenvalue weighted by molar-refractivity contribution is -0.384. The minimum Gasteiger partial charge on any atom is -0.484 e. The Hall–Kier alpha value is -3.42. The van der Waals surface area contributed by atoms with Gasteiger partial charge in [0.1, 0.15) is 12.4 Å². The first kappa shape index (κ1) is 20.3. The van der Waals surface area contributed by atoms with Crippen molar-refractivity contribution in [1.29, 1.82) is 0 Å². The Bertz CT molecular complexity index is 845. The molecule has 0 aliphatic carbocycles. The highest BCUT2D eigenvalue weighted by atomic mass is 16.6. The topological polar surface area (TPSA) is 99.0 Å². The summed E-state index contributed by atoms with van der Waals surface area (Å²) in [6, 6.07) is 15.0. The van der Waals surface area contributed by atoms with Crippen molar-refractivity contribution < 1.29 is 24.0 Å². The average Bonchev–Trinajstić information content (AvgIpc) is 2.77. The van der Waals surface area contributed by atoms with Crippen LogP contribution in [0, 0.1) is 16.0 Å². The number of esters is 1. The van der Waals surface area contributed by atoms with Gasteiger partial charge in [-0.1, -0.05) is 18.2 Å². The van der Waals surface area contributed by atoms with Crippen molar-refractivity contribution in [2.24, 2.45) is 5.92 Å². The fourth-order valence-corrected chi connectivity index (χ4v) is 3.10. The zero-order valence-electron chi connectivity index (χ0n) is 15.9. The van der Waals surface area contributed by atoms with E-state index in [9.17, 15) is 19.7 Å². The van der Waals surface area contributed by atoms with E-state index in [1.54, 1.807) is 29.2 Å². The maximum absolute atomic E-state index is 12.3. The second kappa shape index (κ2) is 9.68. The molecule has 8 nitrogen and oxygen atoms in total. The van der Waals surface area contributed by atoms with Crippen molar-refractivity contribution >= 4 is 17.6 Å². The number of non-ortho nitro benzene ring substituents is 1. The van der Waals surface area contributed by atoms with Crippen LogP contribution in [0.5, 0.6) is 5.75 Å². The van der Waals surface area contributed by atoms with Crippen molar-refractivity contribution in [2.45, 2.75) is 19.4 Å². The van der Waals surface area contributed by atoms with Crippen LogP contribution in [0.25, 0.3) is 0 Å². The van der Waals surface area contributed by atoms with Gasteiger partial charge in [0.2, 0.25) is 0 Å². The molecule has 0 spiro atoms. The number of carbonyl (C=O) groups is 2. The smallest absolute Gasteiger partial charge is 0.309 e. The molecule has 0 aromatic heterocycles. The van der Waals surface area contributed by atoms with E-state index >= 15 is 0 Å². The molecule has 152 valence electrons. The first-order valence-electron chi connectivity index (χ1n) is 9.38. The van der Waals surface area contributed by atoms with Gasteiger partial charge in [0, 0.05) is 25.2 Å². The van der Waals surface area contributed by atoms with Gasteiger partial charge in [-0.25, -0.2) is 0 Å². The Kier molecular flexibility index (Phi) is 6.78. The van der Waals surface area contributed by atoms with Crippen LogP contribution in [0.4, 0.5) is 5.69 Å². The Morgan fingerprint density at radius 1 is 1.03 bits per heavy atom. The molecule has 1 fully saturated rings. The fraction of sp³-hybridized carbons (Fsp3) is 0.333. The first-order chi connectivity index (χ1) is 14.0. The third-order valence-corrected chi connectivity index (χ3v) is 4.81. The van der Waals surface area contributed by atoms with Gasteiger partial charge in [-0.15, -0.1) is 0 Å². The summed E-state index contributed by atoms with van der Waals surface area (Å²) < 4.78 is 10.8. The highest BCUT2D eigenvalue weighted by Gasteiger charge is 2.28. The minimum absolute atomic E-state index is 0.00615. The lowest BCUT2D eigenvalue weighted by atomic mass is 9.97. The van der Waals surface area contributed by atoms with Gasteiger partial charge in [-0.2, -0.15) is 0 Å². The number of benzene rings is 2. The molecule has 1 aliphatic rings. The van der Waals surface area contributed by atoms with E-state index in [1.165, 1.54) is 12.1 Å². The monoisotopic (exact) mass is 398 g/mol. The van der Waals surface area contributed by atoms with Crippen LogP contribution in [0.15, 0.2) is 54.6 Å². The summed E-state index contributed by atoms with van der Waals surface area (Å²) in [5.41, 5.74) is 0.683. The van der Waals surface area contributed by atoms with Crippen LogP contribution < -0.4 is 4.74 Å². The second-order valence-corrected chi connectivity index (χ2v) is 6.79. The van der Waals surface area contributed by atoms with Crippen LogP contribution in [-0.4, -0.2) is 41.4 Å². The number of hydrogen-bond donors (Lipinski definition) is 0. The van der Waals surface area contributed by atoms with Crippen LogP contribution in [0.3, 0.4) is 0 Å². The van der Waals surface area contributed by atoms with E-state index in [2.05, 4.69) is 0 Å². The number of ether oxygens (including phenoxy) is 2. The summed E-state index contributed by atoms with van der Waals surface area (Å²) in [5, 5.41) is 10.7. The molecule has 2 aromatic rings. The van der Waals surface area contributed by atoms with Gasteiger partial charge in [-0.05, 0) is 42.7 Å². The average molecular weight is 398 g/mol. The zero-order chi connectivity index (χ0) is 20.6. The van der Waals surface area contributed by atoms with E-state index in [0.717, 1.165) is 0 Å². The number of carbonyl (C=O) groups excluding carboxylic acids is 2. The third-order valence-electron chi connectivity index (χ3n) is 4.81. The molecule has 0 unspecified atom stereocenters. The largest absolute Gasteiger partial charge is 0.484 e. The molecular formula is C21H22N2O6. The quantitative estimate of drug-likeness (QED) is 0.404. The molecule has 1 aliphatic heterocycles. The Balaban J connectivity index is 1.39. The van der Waals surface area contributed by atoms with Crippen molar-refractivity contribution in [2.75, 3.05) is 19.7 Å². The van der Waals surface area contributed by atoms with E-state index in [1.807, 2.05) is 18.2 Å². The number of rotatable bonds is 7. The lowest BCUT2D eigenvalue weighted by Gasteiger charge is -2.30. The minimum atomic E-state index is -0.476. The molecule has 0 saturated carbocycles. The molecule has 0 atom stereocenters. The molecule has 1 amide bonds. The fourth-order valence-electron chi connectivity index (χ4n) is 3.10. The molecule has 0 N–H and O–H groups in total. The molecule has 1 saturated heterocycles. The van der Waals surface area contributed by atoms with Gasteiger partial charge in [0.25, 0.3) is 11.6 Å². The first-order valence-corrected chi connectivity index (χ1v) is 9.38. The summed E-state index contributed by atoms with van der Waals surface area (Å²) in [6.45, 7) is 1.00.